The average molecular weight is 340 g/mol. The molecule has 1 aliphatic carbocycles. The van der Waals surface area contributed by atoms with Gasteiger partial charge in [-0.3, -0.25) is 14.8 Å². The summed E-state index contributed by atoms with van der Waals surface area (Å²) in [4.78, 5) is 19.9. The molecule has 0 radical (unpaired) electrons. The molecule has 5 nitrogen and oxygen atoms in total. The van der Waals surface area contributed by atoms with E-state index in [1.54, 1.807) is 15.9 Å². The highest BCUT2D eigenvalue weighted by molar-refractivity contribution is 7.18. The molecule has 3 N–H and O–H groups in total. The molecule has 0 fully saturated rings. The summed E-state index contributed by atoms with van der Waals surface area (Å²) < 4.78 is 1.64. The Balaban J connectivity index is 1.90. The molecule has 2 heterocycles. The number of thiophene rings is 1. The van der Waals surface area contributed by atoms with Gasteiger partial charge in [-0.1, -0.05) is 37.3 Å². The topological polar surface area (TPSA) is 72.9 Å². The second-order valence-corrected chi connectivity index (χ2v) is 7.57. The first-order valence-corrected chi connectivity index (χ1v) is 9.04. The highest BCUT2D eigenvalue weighted by atomic mass is 32.1. The van der Waals surface area contributed by atoms with Crippen LogP contribution in [0.2, 0.25) is 0 Å². The minimum atomic E-state index is 0.00357. The number of nitrogens with zero attached hydrogens (tertiary/aromatic N) is 2. The third kappa shape index (κ3) is 2.52. The van der Waals surface area contributed by atoms with E-state index >= 15 is 0 Å². The summed E-state index contributed by atoms with van der Waals surface area (Å²) in [5, 5.41) is 0.789. The van der Waals surface area contributed by atoms with E-state index in [1.807, 2.05) is 30.3 Å². The number of nitrogens with one attached hydrogen (secondary N) is 1. The molecule has 24 heavy (non-hydrogen) atoms. The molecule has 0 bridgehead atoms. The number of aryl methyl sites for hydroxylation is 1. The van der Waals surface area contributed by atoms with Gasteiger partial charge >= 0.3 is 0 Å². The molecule has 4 rings (SSSR count). The predicted molar refractivity (Wildman–Crippen MR) is 98.4 cm³/mol. The summed E-state index contributed by atoms with van der Waals surface area (Å²) in [5.74, 6) is 6.73. The van der Waals surface area contributed by atoms with Crippen molar-refractivity contribution < 1.29 is 0 Å². The zero-order valence-corrected chi connectivity index (χ0v) is 14.4. The van der Waals surface area contributed by atoms with Crippen LogP contribution in [0.3, 0.4) is 0 Å². The minimum absolute atomic E-state index is 0.00357. The van der Waals surface area contributed by atoms with Crippen LogP contribution in [0.1, 0.15) is 29.3 Å². The van der Waals surface area contributed by atoms with Crippen LogP contribution in [-0.4, -0.2) is 9.55 Å². The molecule has 1 atom stereocenters. The van der Waals surface area contributed by atoms with Crippen molar-refractivity contribution in [3.8, 4) is 0 Å². The van der Waals surface area contributed by atoms with Crippen LogP contribution in [0.5, 0.6) is 0 Å². The van der Waals surface area contributed by atoms with Crippen LogP contribution in [0, 0.1) is 5.92 Å². The number of nitrogen functional groups attached to an aromatic ring is 1. The number of rotatable bonds is 3. The summed E-state index contributed by atoms with van der Waals surface area (Å²) in [6.45, 7) is 2.73. The number of hydrogen-bond donors (Lipinski definition) is 2. The van der Waals surface area contributed by atoms with Gasteiger partial charge in [-0.25, -0.2) is 10.8 Å². The smallest absolute Gasteiger partial charge is 0.264 e. The van der Waals surface area contributed by atoms with Crippen LogP contribution in [0.4, 0.5) is 5.95 Å². The number of hydrazine groups is 1. The minimum Gasteiger partial charge on any atom is -0.294 e. The highest BCUT2D eigenvalue weighted by Crippen LogP contribution is 2.36. The Hall–Kier alpha value is -2.18. The van der Waals surface area contributed by atoms with Crippen molar-refractivity contribution in [1.82, 2.24) is 9.55 Å². The van der Waals surface area contributed by atoms with E-state index in [-0.39, 0.29) is 5.56 Å². The summed E-state index contributed by atoms with van der Waals surface area (Å²) >= 11 is 1.64. The number of nitrogens with two attached hydrogens (primary N) is 1. The molecule has 3 aromatic rings. The lowest BCUT2D eigenvalue weighted by molar-refractivity contribution is 0.509. The zero-order chi connectivity index (χ0) is 16.7. The fourth-order valence-electron chi connectivity index (χ4n) is 3.45. The largest absolute Gasteiger partial charge is 0.294 e. The molecular formula is C18H20N4OS. The van der Waals surface area contributed by atoms with E-state index in [4.69, 9.17) is 5.84 Å². The maximum Gasteiger partial charge on any atom is 0.264 e. The van der Waals surface area contributed by atoms with Crippen molar-refractivity contribution in [2.45, 2.75) is 32.7 Å². The Kier molecular flexibility index (Phi) is 3.86. The van der Waals surface area contributed by atoms with Gasteiger partial charge in [0, 0.05) is 4.88 Å². The monoisotopic (exact) mass is 340 g/mol. The summed E-state index contributed by atoms with van der Waals surface area (Å²) in [7, 11) is 0. The Bertz CT molecular complexity index is 945. The standard InChI is InChI=1S/C18H20N4OS/c1-11-7-8-13-14(9-11)24-16-15(13)17(23)22(18(20-16)21-19)10-12-5-3-2-4-6-12/h2-6,11H,7-10,19H2,1H3,(H,20,21). The van der Waals surface area contributed by atoms with Crippen molar-refractivity contribution in [3.63, 3.8) is 0 Å². The first-order valence-electron chi connectivity index (χ1n) is 8.23. The Morgan fingerprint density at radius 3 is 2.92 bits per heavy atom. The van der Waals surface area contributed by atoms with Gasteiger partial charge in [-0.15, -0.1) is 11.3 Å². The molecule has 2 aromatic heterocycles. The summed E-state index contributed by atoms with van der Waals surface area (Å²) in [6, 6.07) is 9.90. The number of benzene rings is 1. The maximum atomic E-state index is 13.2. The summed E-state index contributed by atoms with van der Waals surface area (Å²) in [6.07, 6.45) is 3.14. The van der Waals surface area contributed by atoms with E-state index in [2.05, 4.69) is 17.3 Å². The fourth-order valence-corrected chi connectivity index (χ4v) is 4.82. The zero-order valence-electron chi connectivity index (χ0n) is 13.6. The Labute approximate surface area is 144 Å². The van der Waals surface area contributed by atoms with Crippen molar-refractivity contribution in [1.29, 1.82) is 0 Å². The molecule has 1 aromatic carbocycles. The molecule has 1 unspecified atom stereocenters. The second kappa shape index (κ2) is 6.03. The third-order valence-electron chi connectivity index (χ3n) is 4.73. The molecule has 0 saturated heterocycles. The lowest BCUT2D eigenvalue weighted by atomic mass is 9.89. The molecule has 0 saturated carbocycles. The Morgan fingerprint density at radius 1 is 1.38 bits per heavy atom. The van der Waals surface area contributed by atoms with Gasteiger partial charge in [0.05, 0.1) is 11.9 Å². The van der Waals surface area contributed by atoms with Crippen molar-refractivity contribution >= 4 is 27.5 Å². The van der Waals surface area contributed by atoms with Gasteiger partial charge in [0.1, 0.15) is 4.83 Å². The van der Waals surface area contributed by atoms with E-state index in [0.717, 1.165) is 35.0 Å². The van der Waals surface area contributed by atoms with Gasteiger partial charge < -0.3 is 0 Å². The molecule has 0 aliphatic heterocycles. The molecular weight excluding hydrogens is 320 g/mol. The number of fused-ring (bicyclic) bond motifs is 3. The van der Waals surface area contributed by atoms with Crippen LogP contribution < -0.4 is 16.8 Å². The average Bonchev–Trinajstić information content (AvgIpc) is 2.95. The predicted octanol–water partition coefficient (Wildman–Crippen LogP) is 2.92. The highest BCUT2D eigenvalue weighted by Gasteiger charge is 2.24. The molecule has 124 valence electrons. The van der Waals surface area contributed by atoms with Gasteiger partial charge in [0.25, 0.3) is 5.56 Å². The fraction of sp³-hybridized carbons (Fsp3) is 0.333. The van der Waals surface area contributed by atoms with E-state index in [1.165, 1.54) is 10.4 Å². The van der Waals surface area contributed by atoms with Crippen LogP contribution in [0.15, 0.2) is 35.1 Å². The lowest BCUT2D eigenvalue weighted by Crippen LogP contribution is -2.28. The van der Waals surface area contributed by atoms with Gasteiger partial charge in [-0.2, -0.15) is 0 Å². The Morgan fingerprint density at radius 2 is 2.17 bits per heavy atom. The number of anilines is 1. The first kappa shape index (κ1) is 15.4. The first-order chi connectivity index (χ1) is 11.7. The number of aromatic nitrogens is 2. The molecule has 0 amide bonds. The lowest BCUT2D eigenvalue weighted by Gasteiger charge is -2.17. The van der Waals surface area contributed by atoms with Crippen LogP contribution in [-0.2, 0) is 19.4 Å². The van der Waals surface area contributed by atoms with Crippen molar-refractivity contribution in [2.75, 3.05) is 5.43 Å². The van der Waals surface area contributed by atoms with Crippen LogP contribution in [0.25, 0.3) is 10.2 Å². The van der Waals surface area contributed by atoms with E-state index in [0.29, 0.717) is 18.4 Å². The quantitative estimate of drug-likeness (QED) is 0.568. The maximum absolute atomic E-state index is 13.2. The van der Waals surface area contributed by atoms with Crippen molar-refractivity contribution in [2.24, 2.45) is 11.8 Å². The van der Waals surface area contributed by atoms with Gasteiger partial charge in [-0.05, 0) is 36.3 Å². The van der Waals surface area contributed by atoms with E-state index in [9.17, 15) is 4.79 Å². The normalized spacial score (nSPS) is 17.0. The number of hydrogen-bond acceptors (Lipinski definition) is 5. The molecule has 1 aliphatic rings. The summed E-state index contributed by atoms with van der Waals surface area (Å²) in [5.41, 5.74) is 4.86. The SMILES string of the molecule is CC1CCc2c(sc3nc(NN)n(Cc4ccccc4)c(=O)c23)C1. The molecule has 6 heteroatoms. The molecule has 0 spiro atoms. The van der Waals surface area contributed by atoms with Crippen molar-refractivity contribution in [3.05, 3.63) is 56.7 Å². The third-order valence-corrected chi connectivity index (χ3v) is 5.88. The van der Waals surface area contributed by atoms with Gasteiger partial charge in [0.15, 0.2) is 0 Å². The van der Waals surface area contributed by atoms with E-state index < -0.39 is 0 Å². The van der Waals surface area contributed by atoms with Gasteiger partial charge in [0.2, 0.25) is 5.95 Å². The second-order valence-electron chi connectivity index (χ2n) is 6.49. The van der Waals surface area contributed by atoms with Crippen LogP contribution >= 0.6 is 11.3 Å².